The molecule has 0 rings (SSSR count). The quantitative estimate of drug-likeness (QED) is 0.372. The number of hydrogen-bond acceptors (Lipinski definition) is 3. The van der Waals surface area contributed by atoms with Gasteiger partial charge < -0.3 is 16.6 Å². The van der Waals surface area contributed by atoms with Crippen LogP contribution in [0.5, 0.6) is 0 Å². The minimum absolute atomic E-state index is 1.61. The first-order chi connectivity index (χ1) is 6.96. The number of carboxylic acid groups (broad SMARTS) is 1. The van der Waals surface area contributed by atoms with Gasteiger partial charge in [-0.1, -0.05) is 6.37 Å². The van der Waals surface area contributed by atoms with E-state index in [1.165, 1.54) is 0 Å². The van der Waals surface area contributed by atoms with Gasteiger partial charge in [-0.2, -0.15) is 0 Å². The maximum Gasteiger partial charge on any atom is 0.320 e. The van der Waals surface area contributed by atoms with E-state index in [4.69, 9.17) is 24.8 Å². The van der Waals surface area contributed by atoms with Crippen molar-refractivity contribution < 1.29 is 18.1 Å². The number of carboxylic acids is 1. The zero-order valence-corrected chi connectivity index (χ0v) is 5.24. The van der Waals surface area contributed by atoms with Crippen LogP contribution < -0.4 is 11.5 Å². The fourth-order valence-corrected chi connectivity index (χ4v) is 0.257. The molecule has 0 aromatic heterocycles. The summed E-state index contributed by atoms with van der Waals surface area (Å²) in [7, 11) is 0. The summed E-state index contributed by atoms with van der Waals surface area (Å²) < 4.78 is 43.5. The molecular formula is C6H14N2O2. The zero-order chi connectivity index (χ0) is 13.3. The summed E-state index contributed by atoms with van der Waals surface area (Å²) in [6, 6.07) is -1.89. The minimum atomic E-state index is -2.94. The van der Waals surface area contributed by atoms with Crippen molar-refractivity contribution in [3.63, 3.8) is 0 Å². The lowest BCUT2D eigenvalue weighted by Gasteiger charge is -2.03. The van der Waals surface area contributed by atoms with Gasteiger partial charge in [-0.25, -0.2) is 0 Å². The first-order valence-corrected chi connectivity index (χ1v) is 2.54. The molecule has 0 saturated heterocycles. The van der Waals surface area contributed by atoms with Gasteiger partial charge in [0.2, 0.25) is 0 Å². The second-order valence-corrected chi connectivity index (χ2v) is 1.49. The van der Waals surface area contributed by atoms with Crippen LogP contribution in [0.15, 0.2) is 0 Å². The van der Waals surface area contributed by atoms with E-state index < -0.39 is 37.7 Å². The van der Waals surface area contributed by atoms with Gasteiger partial charge in [0.25, 0.3) is 0 Å². The number of nitrogens with two attached hydrogens (primary N) is 2. The van der Waals surface area contributed by atoms with Gasteiger partial charge in [0, 0.05) is 8.22 Å². The van der Waals surface area contributed by atoms with E-state index in [0.29, 0.717) is 0 Å². The molecule has 0 amide bonds. The molecule has 0 aliphatic carbocycles. The third-order valence-electron chi connectivity index (χ3n) is 0.715. The average molecular weight is 158 g/mol. The van der Waals surface area contributed by atoms with E-state index in [1.54, 1.807) is 0 Å². The third-order valence-corrected chi connectivity index (χ3v) is 0.715. The first kappa shape index (κ1) is 3.19. The van der Waals surface area contributed by atoms with Crippen molar-refractivity contribution in [1.82, 2.24) is 0 Å². The molecule has 4 heteroatoms. The Labute approximate surface area is 68.6 Å². The number of carbonyl (C=O) groups is 1. The summed E-state index contributed by atoms with van der Waals surface area (Å²) in [6.07, 6.45) is -7.87. The van der Waals surface area contributed by atoms with Crippen LogP contribution >= 0.6 is 0 Å². The Bertz CT molecular complexity index is 272. The van der Waals surface area contributed by atoms with E-state index in [1.807, 2.05) is 0 Å². The highest BCUT2D eigenvalue weighted by Gasteiger charge is 2.09. The normalized spacial score (nSPS) is 31.0. The predicted molar refractivity (Wildman–Crippen MR) is 38.5 cm³/mol. The van der Waals surface area contributed by atoms with Gasteiger partial charge in [-0.15, -0.1) is 0 Å². The summed E-state index contributed by atoms with van der Waals surface area (Å²) in [5.41, 5.74) is 10.00. The standard InChI is InChI=1S/C6H14N2O2/c7-4-2-1-3-5(8)6(9)10/h5H,1-4,7-8H2,(H,9,10)/t5-/m0/s1/i1+0D2,2+0D2,3+1D,4+1D,5+1,6+1,7+1,8+1/t3-,4+,5-. The Kier molecular flexibility index (Phi) is 1.66. The van der Waals surface area contributed by atoms with E-state index in [9.17, 15) is 4.79 Å². The van der Waals surface area contributed by atoms with Gasteiger partial charge in [0.05, 0.1) is 0 Å². The van der Waals surface area contributed by atoms with Gasteiger partial charge in [0.1, 0.15) is 6.04 Å². The van der Waals surface area contributed by atoms with Crippen molar-refractivity contribution in [1.29, 1.82) is 0 Å². The summed E-state index contributed by atoms with van der Waals surface area (Å²) >= 11 is 0. The lowest BCUT2D eigenvalue weighted by molar-refractivity contribution is -0.138. The molecule has 5 N–H and O–H groups in total. The maximum absolute atomic E-state index is 10.5. The second kappa shape index (κ2) is 5.20. The van der Waals surface area contributed by atoms with Gasteiger partial charge >= 0.3 is 5.97 Å². The van der Waals surface area contributed by atoms with Gasteiger partial charge in [-0.05, 0) is 19.3 Å². The van der Waals surface area contributed by atoms with Crippen LogP contribution in [0.3, 0.4) is 0 Å². The topological polar surface area (TPSA) is 89.3 Å². The van der Waals surface area contributed by atoms with Crippen LogP contribution in [-0.2, 0) is 4.79 Å². The molecule has 10 heavy (non-hydrogen) atoms. The van der Waals surface area contributed by atoms with Crippen molar-refractivity contribution in [3.05, 3.63) is 0 Å². The predicted octanol–water partition coefficient (Wildman–Crippen LogP) is -0.473. The fraction of sp³-hybridized carbons (Fsp3) is 0.833. The smallest absolute Gasteiger partial charge is 0.320 e. The van der Waals surface area contributed by atoms with Crippen molar-refractivity contribution >= 4 is 5.97 Å². The number of hydrogen-bond donors (Lipinski definition) is 3. The molecule has 0 aromatic carbocycles. The van der Waals surface area contributed by atoms with Crippen molar-refractivity contribution in [2.75, 3.05) is 6.52 Å². The number of aliphatic carboxylic acids is 1. The molecule has 60 valence electrons. The SMILES string of the molecule is [2H][13C@H]([13C@H]([15NH2])[13C](=O)O)[12C]([2H])([2H])[12C]([2H])([2H])[13C@@H]([2H])[15NH2]. The van der Waals surface area contributed by atoms with Gasteiger partial charge in [-0.3, -0.25) is 4.79 Å². The Balaban J connectivity index is 5.12. The summed E-state index contributed by atoms with van der Waals surface area (Å²) in [5.74, 6) is -1.61. The van der Waals surface area contributed by atoms with Crippen molar-refractivity contribution in [2.24, 2.45) is 11.5 Å². The maximum atomic E-state index is 10.5. The number of rotatable bonds is 5. The highest BCUT2D eigenvalue weighted by molar-refractivity contribution is 5.72. The minimum Gasteiger partial charge on any atom is -0.480 e. The second-order valence-electron chi connectivity index (χ2n) is 1.49. The van der Waals surface area contributed by atoms with E-state index >= 15 is 0 Å². The highest BCUT2D eigenvalue weighted by atomic mass is 16.5. The molecule has 3 atom stereocenters. The molecule has 0 heterocycles. The monoisotopic (exact) mass is 158 g/mol. The molecule has 0 unspecified atom stereocenters. The molecule has 0 spiro atoms. The van der Waals surface area contributed by atoms with Crippen LogP contribution in [0.25, 0.3) is 0 Å². The average Bonchev–Trinajstić information content (AvgIpc) is 2.14. The highest BCUT2D eigenvalue weighted by Crippen LogP contribution is 1.96. The Morgan fingerprint density at radius 2 is 2.30 bits per heavy atom. The zero-order valence-electron chi connectivity index (χ0n) is 11.2. The molecular weight excluding hydrogens is 138 g/mol. The Hall–Kier alpha value is -0.610. The molecule has 0 aliphatic rings. The first-order valence-electron chi connectivity index (χ1n) is 5.70. The Morgan fingerprint density at radius 3 is 2.70 bits per heavy atom. The largest absolute Gasteiger partial charge is 0.480 e. The van der Waals surface area contributed by atoms with Crippen LogP contribution in [0, 0.1) is 0 Å². The molecule has 0 bridgehead atoms. The van der Waals surface area contributed by atoms with Crippen LogP contribution in [0.2, 0.25) is 0 Å². The lowest BCUT2D eigenvalue weighted by atomic mass is 10.5. The summed E-state index contributed by atoms with van der Waals surface area (Å²) in [5, 5.41) is 8.51. The molecule has 0 aliphatic heterocycles. The van der Waals surface area contributed by atoms with Crippen LogP contribution in [-0.4, -0.2) is 23.6 Å². The van der Waals surface area contributed by atoms with E-state index in [-0.39, 0.29) is 0 Å². The molecule has 0 radical (unpaired) electrons. The molecule has 0 aromatic rings. The molecule has 4 nitrogen and oxygen atoms in total. The summed E-state index contributed by atoms with van der Waals surface area (Å²) in [6.45, 7) is -1.93. The van der Waals surface area contributed by atoms with Crippen LogP contribution in [0.1, 0.15) is 27.4 Å². The van der Waals surface area contributed by atoms with E-state index in [0.717, 1.165) is 0 Å². The fourth-order valence-electron chi connectivity index (χ4n) is 0.257. The van der Waals surface area contributed by atoms with Crippen LogP contribution in [0.4, 0.5) is 0 Å². The van der Waals surface area contributed by atoms with Gasteiger partial charge in [0.15, 0.2) is 0 Å². The summed E-state index contributed by atoms with van der Waals surface area (Å²) in [4.78, 5) is 10.5. The molecule has 0 fully saturated rings. The molecule has 0 saturated carbocycles. The lowest BCUT2D eigenvalue weighted by Crippen LogP contribution is -2.29. The van der Waals surface area contributed by atoms with Crippen molar-refractivity contribution in [3.8, 4) is 0 Å². The van der Waals surface area contributed by atoms with E-state index in [2.05, 4.69) is 0 Å². The third kappa shape index (κ3) is 4.29. The van der Waals surface area contributed by atoms with Crippen molar-refractivity contribution in [2.45, 2.75) is 25.2 Å². The Morgan fingerprint density at radius 1 is 1.70 bits per heavy atom.